The van der Waals surface area contributed by atoms with Crippen LogP contribution in [0.15, 0.2) is 53.3 Å². The van der Waals surface area contributed by atoms with E-state index in [0.29, 0.717) is 25.3 Å². The SMILES string of the molecule is CC(NC1(CNC(=O)c2ccoc2)CCOCC1)c1ccccc1. The predicted molar refractivity (Wildman–Crippen MR) is 91.8 cm³/mol. The van der Waals surface area contributed by atoms with E-state index in [2.05, 4.69) is 29.7 Å². The number of nitrogens with one attached hydrogen (secondary N) is 2. The molecule has 0 aliphatic carbocycles. The third-order valence-electron chi connectivity index (χ3n) is 4.64. The molecule has 2 N–H and O–H groups in total. The third-order valence-corrected chi connectivity index (χ3v) is 4.64. The van der Waals surface area contributed by atoms with Gasteiger partial charge in [0.05, 0.1) is 11.8 Å². The Labute approximate surface area is 142 Å². The molecule has 0 radical (unpaired) electrons. The summed E-state index contributed by atoms with van der Waals surface area (Å²) in [5, 5.41) is 6.77. The van der Waals surface area contributed by atoms with E-state index in [4.69, 9.17) is 9.15 Å². The molecule has 1 aromatic carbocycles. The molecule has 0 spiro atoms. The van der Waals surface area contributed by atoms with Crippen molar-refractivity contribution in [1.29, 1.82) is 0 Å². The van der Waals surface area contributed by atoms with E-state index < -0.39 is 0 Å². The minimum absolute atomic E-state index is 0.108. The maximum Gasteiger partial charge on any atom is 0.254 e. The highest BCUT2D eigenvalue weighted by molar-refractivity contribution is 5.93. The summed E-state index contributed by atoms with van der Waals surface area (Å²) in [5.74, 6) is -0.108. The molecule has 5 nitrogen and oxygen atoms in total. The molecular formula is C19H24N2O3. The first-order valence-corrected chi connectivity index (χ1v) is 8.39. The molecule has 5 heteroatoms. The van der Waals surface area contributed by atoms with E-state index in [1.54, 1.807) is 6.07 Å². The number of carbonyl (C=O) groups is 1. The van der Waals surface area contributed by atoms with E-state index in [1.165, 1.54) is 18.1 Å². The summed E-state index contributed by atoms with van der Waals surface area (Å²) in [4.78, 5) is 12.2. The largest absolute Gasteiger partial charge is 0.472 e. The van der Waals surface area contributed by atoms with Gasteiger partial charge in [-0.05, 0) is 31.4 Å². The van der Waals surface area contributed by atoms with Gasteiger partial charge in [-0.3, -0.25) is 4.79 Å². The number of furan rings is 1. The number of benzene rings is 1. The molecule has 1 atom stereocenters. The Morgan fingerprint density at radius 3 is 2.62 bits per heavy atom. The maximum absolute atomic E-state index is 12.2. The molecule has 1 aromatic heterocycles. The normalized spacial score (nSPS) is 18.0. The quantitative estimate of drug-likeness (QED) is 0.856. The summed E-state index contributed by atoms with van der Waals surface area (Å²) in [7, 11) is 0. The Morgan fingerprint density at radius 2 is 1.96 bits per heavy atom. The summed E-state index contributed by atoms with van der Waals surface area (Å²) >= 11 is 0. The van der Waals surface area contributed by atoms with Gasteiger partial charge < -0.3 is 19.8 Å². The number of hydrogen-bond donors (Lipinski definition) is 2. The maximum atomic E-state index is 12.2. The van der Waals surface area contributed by atoms with Crippen molar-refractivity contribution in [3.8, 4) is 0 Å². The predicted octanol–water partition coefficient (Wildman–Crippen LogP) is 2.91. The monoisotopic (exact) mass is 328 g/mol. The van der Waals surface area contributed by atoms with Crippen LogP contribution in [0.2, 0.25) is 0 Å². The summed E-state index contributed by atoms with van der Waals surface area (Å²) in [6.07, 6.45) is 4.71. The van der Waals surface area contributed by atoms with Crippen molar-refractivity contribution in [3.63, 3.8) is 0 Å². The topological polar surface area (TPSA) is 63.5 Å². The zero-order valence-corrected chi connectivity index (χ0v) is 14.0. The molecule has 2 heterocycles. The van der Waals surface area contributed by atoms with E-state index in [-0.39, 0.29) is 17.5 Å². The minimum Gasteiger partial charge on any atom is -0.472 e. The summed E-state index contributed by atoms with van der Waals surface area (Å²) < 4.78 is 10.5. The summed E-state index contributed by atoms with van der Waals surface area (Å²) in [6, 6.07) is 12.2. The highest BCUT2D eigenvalue weighted by Crippen LogP contribution is 2.25. The van der Waals surface area contributed by atoms with Crippen LogP contribution >= 0.6 is 0 Å². The van der Waals surface area contributed by atoms with Crippen molar-refractivity contribution in [2.75, 3.05) is 19.8 Å². The van der Waals surface area contributed by atoms with E-state index >= 15 is 0 Å². The number of rotatable bonds is 6. The highest BCUT2D eigenvalue weighted by Gasteiger charge is 2.34. The van der Waals surface area contributed by atoms with Crippen LogP contribution < -0.4 is 10.6 Å². The second kappa shape index (κ2) is 7.64. The van der Waals surface area contributed by atoms with Crippen molar-refractivity contribution in [2.45, 2.75) is 31.3 Å². The molecule has 128 valence electrons. The molecule has 2 aromatic rings. The Balaban J connectivity index is 1.67. The van der Waals surface area contributed by atoms with Gasteiger partial charge in [0.1, 0.15) is 6.26 Å². The first kappa shape index (κ1) is 16.7. The number of amides is 1. The summed E-state index contributed by atoms with van der Waals surface area (Å²) in [5.41, 5.74) is 1.63. The Kier molecular flexibility index (Phi) is 5.33. The van der Waals surface area contributed by atoms with Crippen molar-refractivity contribution < 1.29 is 13.9 Å². The third kappa shape index (κ3) is 4.04. The smallest absolute Gasteiger partial charge is 0.254 e. The van der Waals surface area contributed by atoms with Gasteiger partial charge in [-0.1, -0.05) is 30.3 Å². The van der Waals surface area contributed by atoms with Gasteiger partial charge in [0.2, 0.25) is 0 Å². The van der Waals surface area contributed by atoms with Gasteiger partial charge >= 0.3 is 0 Å². The Morgan fingerprint density at radius 1 is 1.21 bits per heavy atom. The molecule has 3 rings (SSSR count). The lowest BCUT2D eigenvalue weighted by molar-refractivity contribution is 0.0332. The molecule has 1 saturated heterocycles. The molecule has 1 unspecified atom stereocenters. The zero-order valence-electron chi connectivity index (χ0n) is 14.0. The van der Waals surface area contributed by atoms with Crippen LogP contribution in [-0.4, -0.2) is 31.2 Å². The average Bonchev–Trinajstić information content (AvgIpc) is 3.16. The lowest BCUT2D eigenvalue weighted by Crippen LogP contribution is -2.57. The number of ether oxygens (including phenoxy) is 1. The van der Waals surface area contributed by atoms with Gasteiger partial charge in [0, 0.05) is 31.3 Å². The second-order valence-corrected chi connectivity index (χ2v) is 6.36. The van der Waals surface area contributed by atoms with Gasteiger partial charge in [-0.2, -0.15) is 0 Å². The van der Waals surface area contributed by atoms with Crippen LogP contribution in [0.5, 0.6) is 0 Å². The van der Waals surface area contributed by atoms with Crippen LogP contribution in [0, 0.1) is 0 Å². The molecule has 0 saturated carbocycles. The molecule has 1 aliphatic rings. The van der Waals surface area contributed by atoms with Gasteiger partial charge in [0.25, 0.3) is 5.91 Å². The molecule has 1 fully saturated rings. The standard InChI is InChI=1S/C19H24N2O3/c1-15(16-5-3-2-4-6-16)21-19(8-11-23-12-9-19)14-20-18(22)17-7-10-24-13-17/h2-7,10,13,15,21H,8-9,11-12,14H2,1H3,(H,20,22). The van der Waals surface area contributed by atoms with Crippen molar-refractivity contribution in [2.24, 2.45) is 0 Å². The van der Waals surface area contributed by atoms with Crippen LogP contribution in [0.4, 0.5) is 0 Å². The molecule has 1 aliphatic heterocycles. The molecule has 24 heavy (non-hydrogen) atoms. The van der Waals surface area contributed by atoms with E-state index in [1.807, 2.05) is 18.2 Å². The number of carbonyl (C=O) groups excluding carboxylic acids is 1. The zero-order chi connectivity index (χ0) is 16.8. The second-order valence-electron chi connectivity index (χ2n) is 6.36. The fourth-order valence-electron chi connectivity index (χ4n) is 3.16. The highest BCUT2D eigenvalue weighted by atomic mass is 16.5. The van der Waals surface area contributed by atoms with Crippen LogP contribution in [0.3, 0.4) is 0 Å². The lowest BCUT2D eigenvalue weighted by atomic mass is 9.88. The van der Waals surface area contributed by atoms with Crippen molar-refractivity contribution in [3.05, 3.63) is 60.1 Å². The molecule has 0 bridgehead atoms. The molecular weight excluding hydrogens is 304 g/mol. The fraction of sp³-hybridized carbons (Fsp3) is 0.421. The van der Waals surface area contributed by atoms with Crippen LogP contribution in [0.25, 0.3) is 0 Å². The lowest BCUT2D eigenvalue weighted by Gasteiger charge is -2.40. The van der Waals surface area contributed by atoms with Gasteiger partial charge in [-0.25, -0.2) is 0 Å². The summed E-state index contributed by atoms with van der Waals surface area (Å²) in [6.45, 7) is 4.13. The van der Waals surface area contributed by atoms with Gasteiger partial charge in [0.15, 0.2) is 0 Å². The van der Waals surface area contributed by atoms with E-state index in [9.17, 15) is 4.79 Å². The van der Waals surface area contributed by atoms with Crippen molar-refractivity contribution in [1.82, 2.24) is 10.6 Å². The average molecular weight is 328 g/mol. The Hall–Kier alpha value is -2.11. The van der Waals surface area contributed by atoms with Crippen LogP contribution in [-0.2, 0) is 4.74 Å². The molecule has 1 amide bonds. The van der Waals surface area contributed by atoms with Gasteiger partial charge in [-0.15, -0.1) is 0 Å². The first-order valence-electron chi connectivity index (χ1n) is 8.39. The first-order chi connectivity index (χ1) is 11.7. The van der Waals surface area contributed by atoms with Crippen molar-refractivity contribution >= 4 is 5.91 Å². The van der Waals surface area contributed by atoms with Crippen LogP contribution in [0.1, 0.15) is 41.7 Å². The van der Waals surface area contributed by atoms with E-state index in [0.717, 1.165) is 12.8 Å². The Bertz CT molecular complexity index is 634. The minimum atomic E-state index is -0.160. The number of hydrogen-bond acceptors (Lipinski definition) is 4. The fourth-order valence-corrected chi connectivity index (χ4v) is 3.16.